The number of carbonyl (C=O) groups is 2. The second kappa shape index (κ2) is 5.22. The number of imidazole rings is 1. The first-order chi connectivity index (χ1) is 9.00. The lowest BCUT2D eigenvalue weighted by Gasteiger charge is -2.09. The molecule has 0 bridgehead atoms. The number of hydrogen-bond donors (Lipinski definition) is 0. The van der Waals surface area contributed by atoms with Crippen molar-refractivity contribution >= 4 is 22.9 Å². The smallest absolute Gasteiger partial charge is 0.420 e. The number of fused-ring (bicyclic) bond motifs is 1. The zero-order valence-electron chi connectivity index (χ0n) is 11.2. The first-order valence-corrected chi connectivity index (χ1v) is 6.16. The van der Waals surface area contributed by atoms with Crippen molar-refractivity contribution in [3.05, 3.63) is 30.1 Å². The van der Waals surface area contributed by atoms with Gasteiger partial charge in [-0.15, -0.1) is 0 Å². The van der Waals surface area contributed by atoms with Crippen LogP contribution in [0.5, 0.6) is 0 Å². The van der Waals surface area contributed by atoms with Crippen LogP contribution in [0.25, 0.3) is 11.0 Å². The molecular formula is C14H16N2O3. The van der Waals surface area contributed by atoms with Crippen molar-refractivity contribution in [2.75, 3.05) is 6.61 Å². The maximum atomic E-state index is 12.1. The molecule has 2 aromatic rings. The summed E-state index contributed by atoms with van der Waals surface area (Å²) in [4.78, 5) is 27.9. The van der Waals surface area contributed by atoms with Crippen molar-refractivity contribution in [1.29, 1.82) is 0 Å². The number of nitrogens with zero attached hydrogens (tertiary/aromatic N) is 2. The molecule has 0 saturated heterocycles. The fourth-order valence-electron chi connectivity index (χ4n) is 1.75. The van der Waals surface area contributed by atoms with Crippen molar-refractivity contribution in [2.24, 2.45) is 5.92 Å². The van der Waals surface area contributed by atoms with Gasteiger partial charge in [0.15, 0.2) is 11.6 Å². The van der Waals surface area contributed by atoms with Gasteiger partial charge in [0.1, 0.15) is 0 Å². The summed E-state index contributed by atoms with van der Waals surface area (Å²) in [6.45, 7) is 5.59. The highest BCUT2D eigenvalue weighted by atomic mass is 16.5. The van der Waals surface area contributed by atoms with Gasteiger partial charge in [-0.1, -0.05) is 26.0 Å². The van der Waals surface area contributed by atoms with Crippen LogP contribution in [0.4, 0.5) is 4.79 Å². The van der Waals surface area contributed by atoms with E-state index in [2.05, 4.69) is 4.98 Å². The first-order valence-electron chi connectivity index (χ1n) is 6.16. The highest BCUT2D eigenvalue weighted by Crippen LogP contribution is 2.17. The van der Waals surface area contributed by atoms with Gasteiger partial charge in [0.2, 0.25) is 0 Å². The van der Waals surface area contributed by atoms with Crippen LogP contribution in [0.3, 0.4) is 0 Å². The number of aromatic nitrogens is 2. The molecule has 2 rings (SSSR count). The Hall–Kier alpha value is -2.17. The van der Waals surface area contributed by atoms with E-state index in [4.69, 9.17) is 4.74 Å². The molecule has 1 heterocycles. The Kier molecular flexibility index (Phi) is 3.64. The molecule has 0 aliphatic rings. The van der Waals surface area contributed by atoms with Crippen molar-refractivity contribution in [2.45, 2.75) is 20.8 Å². The molecular weight excluding hydrogens is 244 g/mol. The molecule has 0 atom stereocenters. The van der Waals surface area contributed by atoms with E-state index in [1.54, 1.807) is 18.2 Å². The minimum Gasteiger partial charge on any atom is -0.449 e. The van der Waals surface area contributed by atoms with Gasteiger partial charge in [0.25, 0.3) is 0 Å². The molecule has 5 nitrogen and oxygen atoms in total. The number of carbonyl (C=O) groups excluding carboxylic acids is 2. The van der Waals surface area contributed by atoms with Gasteiger partial charge in [-0.25, -0.2) is 14.3 Å². The third-order valence-corrected chi connectivity index (χ3v) is 2.60. The number of hydrogen-bond acceptors (Lipinski definition) is 4. The summed E-state index contributed by atoms with van der Waals surface area (Å²) >= 11 is 0. The Morgan fingerprint density at radius 1 is 1.32 bits per heavy atom. The lowest BCUT2D eigenvalue weighted by atomic mass is 10.2. The molecule has 19 heavy (non-hydrogen) atoms. The van der Waals surface area contributed by atoms with E-state index in [-0.39, 0.29) is 17.5 Å². The standard InChI is InChI=1S/C14H16N2O3/c1-9(2)8-19-14(18)16-12-7-5-4-6-11(12)15-13(16)10(3)17/h4-7,9H,8H2,1-3H3. The molecule has 0 aliphatic heterocycles. The number of rotatable bonds is 3. The number of para-hydroxylation sites is 2. The van der Waals surface area contributed by atoms with Gasteiger partial charge in [-0.3, -0.25) is 4.79 Å². The molecule has 1 aromatic carbocycles. The number of ketones is 1. The zero-order valence-corrected chi connectivity index (χ0v) is 11.2. The molecule has 0 spiro atoms. The summed E-state index contributed by atoms with van der Waals surface area (Å²) < 4.78 is 6.41. The summed E-state index contributed by atoms with van der Waals surface area (Å²) in [6, 6.07) is 7.10. The molecule has 0 unspecified atom stereocenters. The average molecular weight is 260 g/mol. The van der Waals surface area contributed by atoms with Crippen LogP contribution in [-0.2, 0) is 4.74 Å². The topological polar surface area (TPSA) is 61.2 Å². The van der Waals surface area contributed by atoms with Crippen LogP contribution in [0.15, 0.2) is 24.3 Å². The van der Waals surface area contributed by atoms with Crippen LogP contribution >= 0.6 is 0 Å². The van der Waals surface area contributed by atoms with E-state index in [1.165, 1.54) is 11.5 Å². The predicted molar refractivity (Wildman–Crippen MR) is 71.3 cm³/mol. The van der Waals surface area contributed by atoms with E-state index >= 15 is 0 Å². The van der Waals surface area contributed by atoms with E-state index in [0.717, 1.165) is 0 Å². The van der Waals surface area contributed by atoms with Crippen molar-refractivity contribution in [3.63, 3.8) is 0 Å². The normalized spacial score (nSPS) is 10.9. The lowest BCUT2D eigenvalue weighted by Crippen LogP contribution is -2.20. The monoisotopic (exact) mass is 260 g/mol. The summed E-state index contributed by atoms with van der Waals surface area (Å²) in [7, 11) is 0. The zero-order chi connectivity index (χ0) is 14.0. The molecule has 0 aliphatic carbocycles. The quantitative estimate of drug-likeness (QED) is 0.796. The fourth-order valence-corrected chi connectivity index (χ4v) is 1.75. The van der Waals surface area contributed by atoms with E-state index in [0.29, 0.717) is 17.6 Å². The van der Waals surface area contributed by atoms with Crippen LogP contribution < -0.4 is 0 Å². The van der Waals surface area contributed by atoms with Gasteiger partial charge in [0.05, 0.1) is 17.6 Å². The van der Waals surface area contributed by atoms with Gasteiger partial charge in [0, 0.05) is 6.92 Å². The van der Waals surface area contributed by atoms with Crippen molar-refractivity contribution in [3.8, 4) is 0 Å². The molecule has 0 saturated carbocycles. The van der Waals surface area contributed by atoms with Crippen molar-refractivity contribution in [1.82, 2.24) is 9.55 Å². The summed E-state index contributed by atoms with van der Waals surface area (Å²) in [6.07, 6.45) is -0.562. The maximum absolute atomic E-state index is 12.1. The highest BCUT2D eigenvalue weighted by molar-refractivity contribution is 6.00. The van der Waals surface area contributed by atoms with Crippen LogP contribution in [0, 0.1) is 5.92 Å². The highest BCUT2D eigenvalue weighted by Gasteiger charge is 2.20. The summed E-state index contributed by atoms with van der Waals surface area (Å²) in [5, 5.41) is 0. The minimum absolute atomic E-state index is 0.106. The fraction of sp³-hybridized carbons (Fsp3) is 0.357. The average Bonchev–Trinajstić information content (AvgIpc) is 2.75. The second-order valence-corrected chi connectivity index (χ2v) is 4.79. The van der Waals surface area contributed by atoms with Gasteiger partial charge < -0.3 is 4.74 Å². The van der Waals surface area contributed by atoms with E-state index < -0.39 is 6.09 Å². The maximum Gasteiger partial charge on any atom is 0.420 e. The van der Waals surface area contributed by atoms with E-state index in [1.807, 2.05) is 19.9 Å². The Labute approximate surface area is 111 Å². The Bertz CT molecular complexity index is 629. The van der Waals surface area contributed by atoms with Gasteiger partial charge >= 0.3 is 6.09 Å². The molecule has 5 heteroatoms. The van der Waals surface area contributed by atoms with Crippen LogP contribution in [0.1, 0.15) is 31.4 Å². The SMILES string of the molecule is CC(=O)c1nc2ccccc2n1C(=O)OCC(C)C. The van der Waals surface area contributed by atoms with Crippen LogP contribution in [0.2, 0.25) is 0 Å². The predicted octanol–water partition coefficient (Wildman–Crippen LogP) is 2.88. The third-order valence-electron chi connectivity index (χ3n) is 2.60. The Morgan fingerprint density at radius 2 is 2.00 bits per heavy atom. The van der Waals surface area contributed by atoms with Gasteiger partial charge in [-0.2, -0.15) is 0 Å². The number of ether oxygens (including phenoxy) is 1. The van der Waals surface area contributed by atoms with Crippen molar-refractivity contribution < 1.29 is 14.3 Å². The van der Waals surface area contributed by atoms with Crippen LogP contribution in [-0.4, -0.2) is 28.0 Å². The molecule has 1 aromatic heterocycles. The Balaban J connectivity index is 2.47. The molecule has 0 N–H and O–H groups in total. The summed E-state index contributed by atoms with van der Waals surface area (Å²) in [5.41, 5.74) is 1.19. The lowest BCUT2D eigenvalue weighted by molar-refractivity contribution is 0.0990. The van der Waals surface area contributed by atoms with Gasteiger partial charge in [-0.05, 0) is 18.1 Å². The third kappa shape index (κ3) is 2.65. The number of benzene rings is 1. The Morgan fingerprint density at radius 3 is 2.63 bits per heavy atom. The molecule has 100 valence electrons. The molecule has 0 fully saturated rings. The second-order valence-electron chi connectivity index (χ2n) is 4.79. The molecule has 0 radical (unpaired) electrons. The molecule has 0 amide bonds. The summed E-state index contributed by atoms with van der Waals surface area (Å²) in [5.74, 6) is 0.0761. The van der Waals surface area contributed by atoms with E-state index in [9.17, 15) is 9.59 Å². The first kappa shape index (κ1) is 13.3. The largest absolute Gasteiger partial charge is 0.449 e. The minimum atomic E-state index is -0.562. The number of Topliss-reactive ketones (excluding diaryl/α,β-unsaturated/α-hetero) is 1.